The second-order valence-corrected chi connectivity index (χ2v) is 6.61. The van der Waals surface area contributed by atoms with Crippen LogP contribution in [0.15, 0.2) is 0 Å². The number of nitrogens with one attached hydrogen (secondary N) is 1. The fraction of sp³-hybridized carbons (Fsp3) is 0.857. The summed E-state index contributed by atoms with van der Waals surface area (Å²) in [6.07, 6.45) is 2.37. The summed E-state index contributed by atoms with van der Waals surface area (Å²) < 4.78 is 0. The molecule has 0 bridgehead atoms. The van der Waals surface area contributed by atoms with Crippen LogP contribution in [-0.4, -0.2) is 23.5 Å². The van der Waals surface area contributed by atoms with Crippen LogP contribution in [0, 0.1) is 23.2 Å². The average molecular weight is 255 g/mol. The second kappa shape index (κ2) is 5.72. The molecular weight excluding hydrogens is 230 g/mol. The van der Waals surface area contributed by atoms with E-state index in [1.807, 2.05) is 0 Å². The van der Waals surface area contributed by atoms with Gasteiger partial charge < -0.3 is 10.4 Å². The van der Waals surface area contributed by atoms with Crippen molar-refractivity contribution in [3.8, 4) is 0 Å². The Bertz CT molecular complexity index is 323. The van der Waals surface area contributed by atoms with Crippen molar-refractivity contribution in [2.45, 2.75) is 47.0 Å². The van der Waals surface area contributed by atoms with Crippen LogP contribution < -0.4 is 5.32 Å². The fourth-order valence-corrected chi connectivity index (χ4v) is 2.74. The van der Waals surface area contributed by atoms with Gasteiger partial charge in [-0.25, -0.2) is 0 Å². The third-order valence-corrected chi connectivity index (χ3v) is 3.63. The normalized spacial score (nSPS) is 23.6. The quantitative estimate of drug-likeness (QED) is 0.765. The third kappa shape index (κ3) is 4.00. The first-order valence-corrected chi connectivity index (χ1v) is 6.73. The summed E-state index contributed by atoms with van der Waals surface area (Å²) in [7, 11) is 0. The highest BCUT2D eigenvalue weighted by molar-refractivity contribution is 5.86. The van der Waals surface area contributed by atoms with Crippen LogP contribution in [0.4, 0.5) is 0 Å². The third-order valence-electron chi connectivity index (χ3n) is 3.63. The van der Waals surface area contributed by atoms with Gasteiger partial charge in [-0.1, -0.05) is 27.7 Å². The summed E-state index contributed by atoms with van der Waals surface area (Å²) in [6.45, 7) is 9.20. The molecule has 0 saturated heterocycles. The van der Waals surface area contributed by atoms with E-state index >= 15 is 0 Å². The first-order chi connectivity index (χ1) is 8.23. The number of carboxylic acids is 1. The highest BCUT2D eigenvalue weighted by Crippen LogP contribution is 2.34. The summed E-state index contributed by atoms with van der Waals surface area (Å²) in [5, 5.41) is 11.8. The van der Waals surface area contributed by atoms with E-state index in [1.54, 1.807) is 0 Å². The van der Waals surface area contributed by atoms with Gasteiger partial charge in [0.25, 0.3) is 0 Å². The summed E-state index contributed by atoms with van der Waals surface area (Å²) >= 11 is 0. The van der Waals surface area contributed by atoms with Gasteiger partial charge in [-0.15, -0.1) is 0 Å². The second-order valence-electron chi connectivity index (χ2n) is 6.61. The van der Waals surface area contributed by atoms with E-state index < -0.39 is 11.9 Å². The number of hydrogen-bond acceptors (Lipinski definition) is 2. The average Bonchev–Trinajstić information content (AvgIpc) is 2.09. The van der Waals surface area contributed by atoms with Crippen molar-refractivity contribution < 1.29 is 14.7 Å². The lowest BCUT2D eigenvalue weighted by Gasteiger charge is -2.34. The molecule has 1 saturated carbocycles. The van der Waals surface area contributed by atoms with Crippen molar-refractivity contribution >= 4 is 11.9 Å². The predicted molar refractivity (Wildman–Crippen MR) is 70.1 cm³/mol. The maximum absolute atomic E-state index is 11.9. The summed E-state index contributed by atoms with van der Waals surface area (Å²) in [4.78, 5) is 22.8. The Morgan fingerprint density at radius 3 is 2.22 bits per heavy atom. The van der Waals surface area contributed by atoms with E-state index in [0.717, 1.165) is 6.42 Å². The highest BCUT2D eigenvalue weighted by Gasteiger charge is 2.41. The predicted octanol–water partition coefficient (Wildman–Crippen LogP) is 2.29. The van der Waals surface area contributed by atoms with Crippen LogP contribution in [0.3, 0.4) is 0 Å². The first-order valence-electron chi connectivity index (χ1n) is 6.73. The smallest absolute Gasteiger partial charge is 0.307 e. The molecule has 104 valence electrons. The number of rotatable bonds is 6. The minimum absolute atomic E-state index is 0.0618. The van der Waals surface area contributed by atoms with Crippen LogP contribution in [0.5, 0.6) is 0 Å². The maximum atomic E-state index is 11.9. The molecule has 2 atom stereocenters. The van der Waals surface area contributed by atoms with E-state index in [2.05, 4.69) is 33.0 Å². The number of carbonyl (C=O) groups excluding carboxylic acids is 1. The molecule has 1 aliphatic rings. The lowest BCUT2D eigenvalue weighted by Crippen LogP contribution is -2.46. The zero-order valence-electron chi connectivity index (χ0n) is 11.8. The molecule has 4 heteroatoms. The molecule has 2 unspecified atom stereocenters. The number of hydrogen-bond donors (Lipinski definition) is 2. The van der Waals surface area contributed by atoms with Gasteiger partial charge in [-0.3, -0.25) is 9.59 Å². The van der Waals surface area contributed by atoms with E-state index in [0.29, 0.717) is 25.3 Å². The molecule has 0 heterocycles. The highest BCUT2D eigenvalue weighted by atomic mass is 16.4. The molecule has 1 rings (SSSR count). The molecule has 0 aromatic heterocycles. The minimum atomic E-state index is -0.845. The van der Waals surface area contributed by atoms with E-state index in [4.69, 9.17) is 5.11 Å². The Kier molecular flexibility index (Phi) is 4.77. The van der Waals surface area contributed by atoms with Gasteiger partial charge in [-0.2, -0.15) is 0 Å². The number of carboxylic acid groups (broad SMARTS) is 1. The largest absolute Gasteiger partial charge is 0.481 e. The number of aliphatic carboxylic acids is 1. The Hall–Kier alpha value is -1.06. The van der Waals surface area contributed by atoms with Crippen LogP contribution in [0.2, 0.25) is 0 Å². The van der Waals surface area contributed by atoms with Gasteiger partial charge in [0.2, 0.25) is 5.91 Å². The molecule has 0 spiro atoms. The Balaban J connectivity index is 2.39. The molecule has 4 nitrogen and oxygen atoms in total. The van der Waals surface area contributed by atoms with Crippen molar-refractivity contribution in [1.82, 2.24) is 5.32 Å². The van der Waals surface area contributed by atoms with Gasteiger partial charge in [0.1, 0.15) is 0 Å². The summed E-state index contributed by atoms with van der Waals surface area (Å²) in [5.74, 6) is -1.14. The Labute approximate surface area is 109 Å². The molecule has 1 amide bonds. The van der Waals surface area contributed by atoms with E-state index in [9.17, 15) is 9.59 Å². The standard InChI is InChI=1S/C14H25NO3/c1-9(2)7-14(3,4)8-15-12(16)10-5-6-11(10)13(17)18/h9-11H,5-8H2,1-4H3,(H,15,16)(H,17,18). The SMILES string of the molecule is CC(C)CC(C)(C)CNC(=O)C1CCC1C(=O)O. The lowest BCUT2D eigenvalue weighted by molar-refractivity contribution is -0.152. The molecule has 18 heavy (non-hydrogen) atoms. The zero-order valence-corrected chi connectivity index (χ0v) is 11.8. The first kappa shape index (κ1) is 15.0. The maximum Gasteiger partial charge on any atom is 0.307 e. The van der Waals surface area contributed by atoms with E-state index in [-0.39, 0.29) is 17.2 Å². The molecule has 1 fully saturated rings. The van der Waals surface area contributed by atoms with Gasteiger partial charge in [0.05, 0.1) is 11.8 Å². The van der Waals surface area contributed by atoms with Gasteiger partial charge in [-0.05, 0) is 30.6 Å². The summed E-state index contributed by atoms with van der Waals surface area (Å²) in [6, 6.07) is 0. The number of carbonyl (C=O) groups is 2. The zero-order chi connectivity index (χ0) is 13.9. The molecule has 0 radical (unpaired) electrons. The van der Waals surface area contributed by atoms with E-state index in [1.165, 1.54) is 0 Å². The van der Waals surface area contributed by atoms with Gasteiger partial charge in [0.15, 0.2) is 0 Å². The van der Waals surface area contributed by atoms with Crippen LogP contribution in [0.1, 0.15) is 47.0 Å². The van der Waals surface area contributed by atoms with Gasteiger partial charge >= 0.3 is 5.97 Å². The van der Waals surface area contributed by atoms with Crippen molar-refractivity contribution in [3.05, 3.63) is 0 Å². The van der Waals surface area contributed by atoms with Crippen LogP contribution in [0.25, 0.3) is 0 Å². The van der Waals surface area contributed by atoms with Crippen molar-refractivity contribution in [2.24, 2.45) is 23.2 Å². The molecular formula is C14H25NO3. The monoisotopic (exact) mass is 255 g/mol. The molecule has 0 aliphatic heterocycles. The topological polar surface area (TPSA) is 66.4 Å². The van der Waals surface area contributed by atoms with Crippen LogP contribution in [-0.2, 0) is 9.59 Å². The molecule has 0 aromatic carbocycles. The minimum Gasteiger partial charge on any atom is -0.481 e. The van der Waals surface area contributed by atoms with Crippen molar-refractivity contribution in [1.29, 1.82) is 0 Å². The summed E-state index contributed by atoms with van der Waals surface area (Å²) in [5.41, 5.74) is 0.0618. The Morgan fingerprint density at radius 1 is 1.28 bits per heavy atom. The molecule has 1 aliphatic carbocycles. The molecule has 0 aromatic rings. The van der Waals surface area contributed by atoms with Crippen LogP contribution >= 0.6 is 0 Å². The fourth-order valence-electron chi connectivity index (χ4n) is 2.74. The lowest BCUT2D eigenvalue weighted by atomic mass is 9.73. The molecule has 2 N–H and O–H groups in total. The van der Waals surface area contributed by atoms with Gasteiger partial charge in [0, 0.05) is 6.54 Å². The van der Waals surface area contributed by atoms with Crippen molar-refractivity contribution in [2.75, 3.05) is 6.54 Å². The van der Waals surface area contributed by atoms with Crippen molar-refractivity contribution in [3.63, 3.8) is 0 Å². The number of amides is 1. The Morgan fingerprint density at radius 2 is 1.83 bits per heavy atom.